The second-order valence-electron chi connectivity index (χ2n) is 4.22. The fraction of sp³-hybridized carbons (Fsp3) is 0.364. The van der Waals surface area contributed by atoms with Crippen LogP contribution in [0.2, 0.25) is 0 Å². The van der Waals surface area contributed by atoms with Gasteiger partial charge in [0.1, 0.15) is 0 Å². The van der Waals surface area contributed by atoms with E-state index < -0.39 is 38.6 Å². The summed E-state index contributed by atoms with van der Waals surface area (Å²) in [6.45, 7) is 2.41. The van der Waals surface area contributed by atoms with E-state index in [1.807, 2.05) is 4.72 Å². The molecule has 5 nitrogen and oxygen atoms in total. The van der Waals surface area contributed by atoms with Gasteiger partial charge in [-0.25, -0.2) is 8.42 Å². The lowest BCUT2D eigenvalue weighted by Gasteiger charge is -2.14. The summed E-state index contributed by atoms with van der Waals surface area (Å²) in [7, 11) is -4.25. The van der Waals surface area contributed by atoms with E-state index in [9.17, 15) is 26.4 Å². The fourth-order valence-electron chi connectivity index (χ4n) is 1.43. The highest BCUT2D eigenvalue weighted by Crippen LogP contribution is 2.33. The van der Waals surface area contributed by atoms with E-state index in [1.54, 1.807) is 0 Å². The molecule has 0 radical (unpaired) electrons. The van der Waals surface area contributed by atoms with Crippen LogP contribution in [0.4, 0.5) is 13.2 Å². The molecule has 0 saturated heterocycles. The zero-order valence-corrected chi connectivity index (χ0v) is 11.5. The molecule has 1 aromatic rings. The Morgan fingerprint density at radius 3 is 2.35 bits per heavy atom. The van der Waals surface area contributed by atoms with Gasteiger partial charge in [-0.3, -0.25) is 4.79 Å². The van der Waals surface area contributed by atoms with Gasteiger partial charge in [-0.2, -0.15) is 17.9 Å². The molecule has 112 valence electrons. The van der Waals surface area contributed by atoms with Crippen LogP contribution < -0.4 is 10.5 Å². The summed E-state index contributed by atoms with van der Waals surface area (Å²) in [6.07, 6.45) is -4.66. The molecule has 1 amide bonds. The second kappa shape index (κ2) is 5.41. The van der Waals surface area contributed by atoms with Gasteiger partial charge < -0.3 is 5.73 Å². The first-order chi connectivity index (χ1) is 8.95. The van der Waals surface area contributed by atoms with Crippen LogP contribution in [0.1, 0.15) is 18.1 Å². The van der Waals surface area contributed by atoms with Gasteiger partial charge in [0.2, 0.25) is 15.9 Å². The zero-order chi connectivity index (χ0) is 15.7. The third kappa shape index (κ3) is 3.70. The number of hydrogen-bond acceptors (Lipinski definition) is 3. The van der Waals surface area contributed by atoms with Gasteiger partial charge in [-0.1, -0.05) is 6.07 Å². The van der Waals surface area contributed by atoms with Gasteiger partial charge in [0.25, 0.3) is 0 Å². The Bertz CT molecular complexity index is 626. The normalized spacial score (nSPS) is 14.1. The van der Waals surface area contributed by atoms with Crippen LogP contribution >= 0.6 is 0 Å². The first-order valence-electron chi connectivity index (χ1n) is 5.44. The first-order valence-corrected chi connectivity index (χ1v) is 6.93. The number of carbonyl (C=O) groups excluding carboxylic acids is 1. The van der Waals surface area contributed by atoms with Crippen molar-refractivity contribution in [2.75, 3.05) is 0 Å². The van der Waals surface area contributed by atoms with Crippen molar-refractivity contribution in [1.29, 1.82) is 0 Å². The maximum Gasteiger partial charge on any atom is 0.416 e. The number of rotatable bonds is 4. The number of amides is 1. The Kier molecular flexibility index (Phi) is 4.45. The van der Waals surface area contributed by atoms with E-state index in [0.717, 1.165) is 12.1 Å². The summed E-state index contributed by atoms with van der Waals surface area (Å²) in [4.78, 5) is 10.2. The number of benzene rings is 1. The molecule has 0 bridgehead atoms. The molecule has 0 aliphatic rings. The van der Waals surface area contributed by atoms with E-state index in [1.165, 1.54) is 13.8 Å². The van der Waals surface area contributed by atoms with Gasteiger partial charge in [-0.05, 0) is 31.5 Å². The van der Waals surface area contributed by atoms with Crippen molar-refractivity contribution in [2.45, 2.75) is 31.0 Å². The monoisotopic (exact) mass is 310 g/mol. The van der Waals surface area contributed by atoms with Gasteiger partial charge in [0.05, 0.1) is 16.5 Å². The number of carbonyl (C=O) groups is 1. The highest BCUT2D eigenvalue weighted by molar-refractivity contribution is 7.89. The molecule has 1 unspecified atom stereocenters. The van der Waals surface area contributed by atoms with Crippen molar-refractivity contribution in [2.24, 2.45) is 5.73 Å². The largest absolute Gasteiger partial charge is 0.416 e. The molecule has 1 atom stereocenters. The summed E-state index contributed by atoms with van der Waals surface area (Å²) >= 11 is 0. The van der Waals surface area contributed by atoms with Crippen LogP contribution in [0.25, 0.3) is 0 Å². The molecule has 0 aliphatic heterocycles. The predicted octanol–water partition coefficient (Wildman–Crippen LogP) is 1.17. The predicted molar refractivity (Wildman–Crippen MR) is 65.2 cm³/mol. The quantitative estimate of drug-likeness (QED) is 0.874. The topological polar surface area (TPSA) is 89.3 Å². The van der Waals surface area contributed by atoms with E-state index in [2.05, 4.69) is 0 Å². The van der Waals surface area contributed by atoms with E-state index in [4.69, 9.17) is 5.73 Å². The average molecular weight is 310 g/mol. The Labute approximate surface area is 114 Å². The minimum atomic E-state index is -4.66. The third-order valence-electron chi connectivity index (χ3n) is 2.58. The number of hydrogen-bond donors (Lipinski definition) is 2. The lowest BCUT2D eigenvalue weighted by molar-refractivity contribution is -0.138. The van der Waals surface area contributed by atoms with E-state index >= 15 is 0 Å². The van der Waals surface area contributed by atoms with E-state index in [-0.39, 0.29) is 5.56 Å². The molecule has 0 saturated carbocycles. The van der Waals surface area contributed by atoms with Crippen LogP contribution in [0, 0.1) is 6.92 Å². The molecular weight excluding hydrogens is 297 g/mol. The molecule has 3 N–H and O–H groups in total. The third-order valence-corrected chi connectivity index (χ3v) is 4.12. The minimum Gasteiger partial charge on any atom is -0.368 e. The molecule has 20 heavy (non-hydrogen) atoms. The average Bonchev–Trinajstić information content (AvgIpc) is 2.26. The maximum atomic E-state index is 12.7. The summed E-state index contributed by atoms with van der Waals surface area (Å²) < 4.78 is 63.8. The molecule has 1 aromatic carbocycles. The highest BCUT2D eigenvalue weighted by atomic mass is 32.2. The fourth-order valence-corrected chi connectivity index (χ4v) is 2.67. The Hall–Kier alpha value is -1.61. The van der Waals surface area contributed by atoms with Crippen molar-refractivity contribution in [3.63, 3.8) is 0 Å². The highest BCUT2D eigenvalue weighted by Gasteiger charge is 2.34. The van der Waals surface area contributed by atoms with Gasteiger partial charge in [0.15, 0.2) is 0 Å². The summed E-state index contributed by atoms with van der Waals surface area (Å²) in [5, 5.41) is 0. The minimum absolute atomic E-state index is 0.0978. The summed E-state index contributed by atoms with van der Waals surface area (Å²) in [6, 6.07) is 1.37. The molecule has 0 aliphatic carbocycles. The number of alkyl halides is 3. The van der Waals surface area contributed by atoms with Crippen LogP contribution in [0.5, 0.6) is 0 Å². The molecule has 1 rings (SSSR count). The molecular formula is C11H13F3N2O3S. The van der Waals surface area contributed by atoms with Crippen LogP contribution in [0.3, 0.4) is 0 Å². The lowest BCUT2D eigenvalue weighted by atomic mass is 10.1. The van der Waals surface area contributed by atoms with Crippen LogP contribution in [-0.4, -0.2) is 20.4 Å². The maximum absolute atomic E-state index is 12.7. The van der Waals surface area contributed by atoms with E-state index in [0.29, 0.717) is 6.07 Å². The van der Waals surface area contributed by atoms with Gasteiger partial charge in [0, 0.05) is 0 Å². The lowest BCUT2D eigenvalue weighted by Crippen LogP contribution is -2.42. The second-order valence-corrected chi connectivity index (χ2v) is 5.93. The number of halogens is 3. The van der Waals surface area contributed by atoms with Gasteiger partial charge in [-0.15, -0.1) is 0 Å². The Morgan fingerprint density at radius 2 is 1.90 bits per heavy atom. The molecule has 0 heterocycles. The Balaban J connectivity index is 3.24. The standard InChI is InChI=1S/C11H13F3N2O3S/c1-6-3-4-8(5-9(6)11(12,13)14)20(18,19)16-7(2)10(15)17/h3-5,7,16H,1-2H3,(H2,15,17). The number of primary amides is 1. The van der Waals surface area contributed by atoms with Crippen molar-refractivity contribution < 1.29 is 26.4 Å². The number of aryl methyl sites for hydroxylation is 1. The zero-order valence-electron chi connectivity index (χ0n) is 10.7. The summed E-state index contributed by atoms with van der Waals surface area (Å²) in [5.41, 5.74) is 3.75. The molecule has 0 aromatic heterocycles. The van der Waals surface area contributed by atoms with Crippen LogP contribution in [-0.2, 0) is 21.0 Å². The SMILES string of the molecule is Cc1ccc(S(=O)(=O)NC(C)C(N)=O)cc1C(F)(F)F. The Morgan fingerprint density at radius 1 is 1.35 bits per heavy atom. The van der Waals surface area contributed by atoms with Crippen LogP contribution in [0.15, 0.2) is 23.1 Å². The molecule has 0 spiro atoms. The molecule has 9 heteroatoms. The van der Waals surface area contributed by atoms with Crippen molar-refractivity contribution in [1.82, 2.24) is 4.72 Å². The van der Waals surface area contributed by atoms with Crippen molar-refractivity contribution in [3.05, 3.63) is 29.3 Å². The molecule has 0 fully saturated rings. The number of sulfonamides is 1. The smallest absolute Gasteiger partial charge is 0.368 e. The first kappa shape index (κ1) is 16.4. The van der Waals surface area contributed by atoms with Crippen molar-refractivity contribution >= 4 is 15.9 Å². The number of nitrogens with one attached hydrogen (secondary N) is 1. The van der Waals surface area contributed by atoms with Gasteiger partial charge >= 0.3 is 6.18 Å². The number of nitrogens with two attached hydrogens (primary N) is 1. The summed E-state index contributed by atoms with van der Waals surface area (Å²) in [5.74, 6) is -0.934. The van der Waals surface area contributed by atoms with Crippen molar-refractivity contribution in [3.8, 4) is 0 Å².